The predicted molar refractivity (Wildman–Crippen MR) is 285 cm³/mol. The molecule has 11 aromatic rings. The van der Waals surface area contributed by atoms with E-state index in [1.807, 2.05) is 0 Å². The van der Waals surface area contributed by atoms with Gasteiger partial charge in [-0.05, 0) is 160 Å². The zero-order valence-corrected chi connectivity index (χ0v) is 37.8. The number of fused-ring (bicyclic) bond motifs is 21. The lowest BCUT2D eigenvalue weighted by Gasteiger charge is -2.36. The van der Waals surface area contributed by atoms with Crippen LogP contribution in [-0.2, 0) is 10.8 Å². The van der Waals surface area contributed by atoms with Gasteiger partial charge in [0.2, 0.25) is 0 Å². The van der Waals surface area contributed by atoms with Crippen LogP contribution in [0.15, 0.2) is 224 Å². The van der Waals surface area contributed by atoms with E-state index in [4.69, 9.17) is 0 Å². The Hall–Kier alpha value is -8.00. The summed E-state index contributed by atoms with van der Waals surface area (Å²) >= 11 is 0. The van der Waals surface area contributed by atoms with Gasteiger partial charge in [-0.25, -0.2) is 0 Å². The average molecular weight is 866 g/mol. The Bertz CT molecular complexity index is 3820. The van der Waals surface area contributed by atoms with Crippen molar-refractivity contribution in [2.45, 2.75) is 42.9 Å². The highest BCUT2D eigenvalue weighted by Gasteiger charge is 2.52. The lowest BCUT2D eigenvalue weighted by atomic mass is 9.67. The molecular formula is C67H47N. The topological polar surface area (TPSA) is 3.24 Å². The molecule has 0 atom stereocenters. The minimum atomic E-state index is -0.487. The van der Waals surface area contributed by atoms with Crippen molar-refractivity contribution in [3.05, 3.63) is 258 Å². The molecule has 11 aromatic carbocycles. The van der Waals surface area contributed by atoms with Crippen molar-refractivity contribution in [1.29, 1.82) is 0 Å². The average Bonchev–Trinajstić information content (AvgIpc) is 3.98. The van der Waals surface area contributed by atoms with Gasteiger partial charge in [0.15, 0.2) is 0 Å². The Morgan fingerprint density at radius 1 is 0.279 bits per heavy atom. The van der Waals surface area contributed by atoms with Crippen molar-refractivity contribution >= 4 is 49.4 Å². The molecule has 1 fully saturated rings. The van der Waals surface area contributed by atoms with Crippen molar-refractivity contribution in [3.63, 3.8) is 0 Å². The quantitative estimate of drug-likeness (QED) is 0.159. The minimum absolute atomic E-state index is 0.0340. The van der Waals surface area contributed by atoms with Gasteiger partial charge in [-0.1, -0.05) is 201 Å². The highest BCUT2D eigenvalue weighted by Crippen LogP contribution is 2.65. The third-order valence-electron chi connectivity index (χ3n) is 16.6. The molecule has 1 saturated carbocycles. The van der Waals surface area contributed by atoms with Crippen molar-refractivity contribution in [3.8, 4) is 44.5 Å². The molecule has 0 saturated heterocycles. The fourth-order valence-corrected chi connectivity index (χ4v) is 13.9. The standard InChI is InChI=1S/C67H47N/c1-3-19-44(20-4-1)68(45-34-36-50-48-23-6-5-21-46(48)47-22-7-8-24-49(47)57(50)40-45)65-42-64-58(54-28-12-16-32-62(54)67(64)60-30-14-10-26-52(60)53-27-11-15-31-61(53)67)41-56(65)43-33-35-55-51-25-9-13-29-59(51)66(63(55)39-43)37-17-2-18-38-66/h1,3-16,19-36,39-42H,2,17-18,37-38H2. The smallest absolute Gasteiger partial charge is 0.0726 e. The number of hydrogen-bond acceptors (Lipinski definition) is 1. The Balaban J connectivity index is 1.06. The molecule has 0 aromatic heterocycles. The van der Waals surface area contributed by atoms with Crippen LogP contribution < -0.4 is 4.90 Å². The summed E-state index contributed by atoms with van der Waals surface area (Å²) in [6, 6.07) is 85.8. The van der Waals surface area contributed by atoms with E-state index in [0.717, 1.165) is 11.4 Å². The van der Waals surface area contributed by atoms with Gasteiger partial charge in [0.05, 0.1) is 11.1 Å². The first-order valence-corrected chi connectivity index (χ1v) is 24.6. The summed E-state index contributed by atoms with van der Waals surface area (Å²) in [6.45, 7) is 0. The highest BCUT2D eigenvalue weighted by atomic mass is 15.1. The van der Waals surface area contributed by atoms with Crippen molar-refractivity contribution in [2.75, 3.05) is 4.90 Å². The first-order valence-electron chi connectivity index (χ1n) is 24.6. The first-order chi connectivity index (χ1) is 33.7. The molecule has 0 aliphatic heterocycles. The minimum Gasteiger partial charge on any atom is -0.310 e. The normalized spacial score (nSPS) is 15.3. The molecule has 0 radical (unpaired) electrons. The van der Waals surface area contributed by atoms with Gasteiger partial charge in [0, 0.05) is 22.4 Å². The maximum absolute atomic E-state index is 2.62. The summed E-state index contributed by atoms with van der Waals surface area (Å²) in [6.07, 6.45) is 6.23. The van der Waals surface area contributed by atoms with Crippen LogP contribution in [0.3, 0.4) is 0 Å². The zero-order valence-electron chi connectivity index (χ0n) is 37.8. The molecule has 2 spiro atoms. The Morgan fingerprint density at radius 2 is 0.765 bits per heavy atom. The van der Waals surface area contributed by atoms with Crippen molar-refractivity contribution in [2.24, 2.45) is 0 Å². The summed E-state index contributed by atoms with van der Waals surface area (Å²) < 4.78 is 0. The lowest BCUT2D eigenvalue weighted by Crippen LogP contribution is -2.28. The van der Waals surface area contributed by atoms with E-state index in [0.29, 0.717) is 0 Å². The third-order valence-corrected chi connectivity index (χ3v) is 16.6. The summed E-state index contributed by atoms with van der Waals surface area (Å²) in [5.41, 5.74) is 22.0. The number of nitrogens with zero attached hydrogens (tertiary/aromatic N) is 1. The molecule has 15 rings (SSSR count). The monoisotopic (exact) mass is 865 g/mol. The summed E-state index contributed by atoms with van der Waals surface area (Å²) in [5.74, 6) is 0. The first kappa shape index (κ1) is 38.1. The van der Waals surface area contributed by atoms with E-state index < -0.39 is 5.41 Å². The van der Waals surface area contributed by atoms with Crippen molar-refractivity contribution in [1.82, 2.24) is 0 Å². The molecule has 4 aliphatic rings. The second-order valence-corrected chi connectivity index (χ2v) is 19.7. The third kappa shape index (κ3) is 5.01. The Labute approximate surface area is 397 Å². The second-order valence-electron chi connectivity index (χ2n) is 19.7. The van der Waals surface area contributed by atoms with Crippen LogP contribution >= 0.6 is 0 Å². The number of rotatable bonds is 4. The molecule has 68 heavy (non-hydrogen) atoms. The maximum atomic E-state index is 2.62. The SMILES string of the molecule is c1ccc(N(c2ccc3c4ccccc4c4ccccc4c3c2)c2cc3c(cc2-c2ccc4c(c2)C2(CCCCC2)c2ccccc2-4)-c2ccccc2C32c3ccccc3-c3ccccc32)cc1. The number of benzene rings is 11. The van der Waals surface area contributed by atoms with Crippen LogP contribution in [0, 0.1) is 0 Å². The van der Waals surface area contributed by atoms with Crippen LogP contribution in [0.4, 0.5) is 17.1 Å². The van der Waals surface area contributed by atoms with Crippen LogP contribution in [0.25, 0.3) is 76.8 Å². The lowest BCUT2D eigenvalue weighted by molar-refractivity contribution is 0.353. The zero-order chi connectivity index (χ0) is 44.6. The number of hydrogen-bond donors (Lipinski definition) is 0. The number of para-hydroxylation sites is 1. The predicted octanol–water partition coefficient (Wildman–Crippen LogP) is 17.9. The van der Waals surface area contributed by atoms with E-state index in [1.165, 1.54) is 148 Å². The fraction of sp³-hybridized carbons (Fsp3) is 0.104. The highest BCUT2D eigenvalue weighted by molar-refractivity contribution is 6.26. The molecule has 0 bridgehead atoms. The van der Waals surface area contributed by atoms with Gasteiger partial charge in [-0.3, -0.25) is 0 Å². The van der Waals surface area contributed by atoms with E-state index in [1.54, 1.807) is 0 Å². The molecule has 0 N–H and O–H groups in total. The van der Waals surface area contributed by atoms with Crippen molar-refractivity contribution < 1.29 is 0 Å². The van der Waals surface area contributed by atoms with Gasteiger partial charge < -0.3 is 4.90 Å². The van der Waals surface area contributed by atoms with Gasteiger partial charge in [0.25, 0.3) is 0 Å². The van der Waals surface area contributed by atoms with Crippen LogP contribution in [0.1, 0.15) is 65.5 Å². The van der Waals surface area contributed by atoms with Crippen LogP contribution in [0.5, 0.6) is 0 Å². The molecule has 320 valence electrons. The maximum Gasteiger partial charge on any atom is 0.0726 e. The Morgan fingerprint density at radius 3 is 1.38 bits per heavy atom. The fourth-order valence-electron chi connectivity index (χ4n) is 13.9. The molecule has 1 nitrogen and oxygen atoms in total. The van der Waals surface area contributed by atoms with Gasteiger partial charge in [-0.2, -0.15) is 0 Å². The number of anilines is 3. The molecule has 0 unspecified atom stereocenters. The second kappa shape index (κ2) is 14.3. The van der Waals surface area contributed by atoms with E-state index in [-0.39, 0.29) is 5.41 Å². The van der Waals surface area contributed by atoms with Crippen LogP contribution in [-0.4, -0.2) is 0 Å². The molecule has 1 heteroatoms. The van der Waals surface area contributed by atoms with Gasteiger partial charge in [-0.15, -0.1) is 0 Å². The molecule has 0 amide bonds. The van der Waals surface area contributed by atoms with E-state index in [9.17, 15) is 0 Å². The Kier molecular flexibility index (Phi) is 8.00. The largest absolute Gasteiger partial charge is 0.310 e. The summed E-state index contributed by atoms with van der Waals surface area (Å²) in [7, 11) is 0. The van der Waals surface area contributed by atoms with E-state index >= 15 is 0 Å². The van der Waals surface area contributed by atoms with Gasteiger partial charge >= 0.3 is 0 Å². The summed E-state index contributed by atoms with van der Waals surface area (Å²) in [4.78, 5) is 2.57. The van der Waals surface area contributed by atoms with E-state index in [2.05, 4.69) is 229 Å². The summed E-state index contributed by atoms with van der Waals surface area (Å²) in [5, 5.41) is 7.67. The van der Waals surface area contributed by atoms with Gasteiger partial charge in [0.1, 0.15) is 0 Å². The van der Waals surface area contributed by atoms with Crippen LogP contribution in [0.2, 0.25) is 0 Å². The molecule has 4 aliphatic carbocycles. The molecule has 0 heterocycles. The molecular weight excluding hydrogens is 819 g/mol.